The van der Waals surface area contributed by atoms with Crippen LogP contribution in [0.4, 0.5) is 5.82 Å². The Bertz CT molecular complexity index is 1030. The standard InChI is InChI=1S/C17H15N3O2S2/c1-2-24(21,22)16-8-7-14(23-16)11-19-17-13(10-18)9-12-5-3-4-6-15(12)20-17/h3-9H,2,11H2,1H3,(H,19,20). The van der Waals surface area contributed by atoms with Crippen molar-refractivity contribution in [1.82, 2.24) is 4.98 Å². The van der Waals surface area contributed by atoms with Gasteiger partial charge in [-0.1, -0.05) is 25.1 Å². The Morgan fingerprint density at radius 1 is 1.25 bits per heavy atom. The molecule has 122 valence electrons. The SMILES string of the molecule is CCS(=O)(=O)c1ccc(CNc2nc3ccccc3cc2C#N)s1. The van der Waals surface area contributed by atoms with Crippen molar-refractivity contribution < 1.29 is 8.42 Å². The Morgan fingerprint density at radius 2 is 2.04 bits per heavy atom. The van der Waals surface area contributed by atoms with Crippen LogP contribution < -0.4 is 5.32 Å². The Morgan fingerprint density at radius 3 is 2.79 bits per heavy atom. The summed E-state index contributed by atoms with van der Waals surface area (Å²) in [5.41, 5.74) is 1.27. The maximum Gasteiger partial charge on any atom is 0.187 e. The minimum atomic E-state index is -3.18. The van der Waals surface area contributed by atoms with Crippen LogP contribution >= 0.6 is 11.3 Å². The van der Waals surface area contributed by atoms with E-state index < -0.39 is 9.84 Å². The molecular weight excluding hydrogens is 342 g/mol. The van der Waals surface area contributed by atoms with Crippen LogP contribution in [-0.2, 0) is 16.4 Å². The maximum absolute atomic E-state index is 11.9. The quantitative estimate of drug-likeness (QED) is 0.755. The molecule has 0 amide bonds. The summed E-state index contributed by atoms with van der Waals surface area (Å²) in [6, 6.07) is 14.9. The summed E-state index contributed by atoms with van der Waals surface area (Å²) < 4.78 is 24.1. The fourth-order valence-corrected chi connectivity index (χ4v) is 4.69. The van der Waals surface area contributed by atoms with Gasteiger partial charge >= 0.3 is 0 Å². The minimum absolute atomic E-state index is 0.0885. The zero-order valence-corrected chi connectivity index (χ0v) is 14.6. The average Bonchev–Trinajstić information content (AvgIpc) is 3.09. The van der Waals surface area contributed by atoms with Gasteiger partial charge in [-0.3, -0.25) is 0 Å². The number of pyridine rings is 1. The average molecular weight is 357 g/mol. The van der Waals surface area contributed by atoms with Crippen LogP contribution in [0, 0.1) is 11.3 Å². The number of para-hydroxylation sites is 1. The second-order valence-corrected chi connectivity index (χ2v) is 8.84. The van der Waals surface area contributed by atoms with Crippen molar-refractivity contribution in [3.63, 3.8) is 0 Å². The zero-order valence-electron chi connectivity index (χ0n) is 13.0. The molecule has 1 N–H and O–H groups in total. The molecule has 2 aromatic heterocycles. The monoisotopic (exact) mass is 357 g/mol. The molecule has 0 saturated carbocycles. The highest BCUT2D eigenvalue weighted by Gasteiger charge is 2.14. The van der Waals surface area contributed by atoms with Gasteiger partial charge in [-0.25, -0.2) is 13.4 Å². The Kier molecular flexibility index (Phi) is 4.51. The molecule has 0 radical (unpaired) electrons. The van der Waals surface area contributed by atoms with Gasteiger partial charge in [-0.2, -0.15) is 5.26 Å². The molecule has 0 aliphatic heterocycles. The van der Waals surface area contributed by atoms with E-state index in [2.05, 4.69) is 16.4 Å². The summed E-state index contributed by atoms with van der Waals surface area (Å²) in [5.74, 6) is 0.593. The normalized spacial score (nSPS) is 11.3. The van der Waals surface area contributed by atoms with E-state index in [4.69, 9.17) is 0 Å². The Balaban J connectivity index is 1.85. The first-order valence-electron chi connectivity index (χ1n) is 7.38. The van der Waals surface area contributed by atoms with Gasteiger partial charge in [0.2, 0.25) is 0 Å². The van der Waals surface area contributed by atoms with E-state index >= 15 is 0 Å². The molecule has 0 bridgehead atoms. The molecule has 0 aliphatic carbocycles. The van der Waals surface area contributed by atoms with E-state index in [9.17, 15) is 13.7 Å². The van der Waals surface area contributed by atoms with Crippen molar-refractivity contribution in [3.05, 3.63) is 52.9 Å². The number of sulfone groups is 1. The molecule has 0 spiro atoms. The number of anilines is 1. The number of rotatable bonds is 5. The predicted octanol–water partition coefficient (Wildman–Crippen LogP) is 3.57. The highest BCUT2D eigenvalue weighted by molar-refractivity contribution is 7.93. The van der Waals surface area contributed by atoms with Crippen molar-refractivity contribution in [2.24, 2.45) is 0 Å². The molecule has 5 nitrogen and oxygen atoms in total. The van der Waals surface area contributed by atoms with E-state index in [-0.39, 0.29) is 5.75 Å². The van der Waals surface area contributed by atoms with E-state index in [0.29, 0.717) is 22.1 Å². The number of benzene rings is 1. The fourth-order valence-electron chi connectivity index (χ4n) is 2.27. The van der Waals surface area contributed by atoms with Crippen LogP contribution in [0.1, 0.15) is 17.4 Å². The number of hydrogen-bond donors (Lipinski definition) is 1. The van der Waals surface area contributed by atoms with Gasteiger partial charge in [0.05, 0.1) is 23.4 Å². The maximum atomic E-state index is 11.9. The third-order valence-corrected chi connectivity index (χ3v) is 7.00. The molecule has 7 heteroatoms. The number of thiophene rings is 1. The van der Waals surface area contributed by atoms with Gasteiger partial charge in [0.25, 0.3) is 0 Å². The fraction of sp³-hybridized carbons (Fsp3) is 0.176. The number of hydrogen-bond acceptors (Lipinski definition) is 6. The third kappa shape index (κ3) is 3.25. The summed E-state index contributed by atoms with van der Waals surface area (Å²) in [4.78, 5) is 5.36. The molecule has 3 rings (SSSR count). The topological polar surface area (TPSA) is 82.8 Å². The molecule has 1 aromatic carbocycles. The van der Waals surface area contributed by atoms with Gasteiger partial charge in [0.15, 0.2) is 9.84 Å². The lowest BCUT2D eigenvalue weighted by Gasteiger charge is -2.07. The second-order valence-electron chi connectivity index (χ2n) is 5.17. The number of aromatic nitrogens is 1. The molecule has 24 heavy (non-hydrogen) atoms. The van der Waals surface area contributed by atoms with Gasteiger partial charge in [-0.05, 0) is 24.3 Å². The lowest BCUT2D eigenvalue weighted by Crippen LogP contribution is -2.03. The lowest BCUT2D eigenvalue weighted by molar-refractivity contribution is 0.599. The molecule has 0 fully saturated rings. The van der Waals surface area contributed by atoms with E-state index in [1.807, 2.05) is 24.3 Å². The van der Waals surface area contributed by atoms with Crippen LogP contribution in [-0.4, -0.2) is 19.2 Å². The summed E-state index contributed by atoms with van der Waals surface area (Å²) in [5, 5.41) is 13.4. The van der Waals surface area contributed by atoms with Crippen LogP contribution in [0.5, 0.6) is 0 Å². The zero-order chi connectivity index (χ0) is 17.2. The number of nitriles is 1. The number of nitrogens with zero attached hydrogens (tertiary/aromatic N) is 2. The summed E-state index contributed by atoms with van der Waals surface area (Å²) in [7, 11) is -3.18. The molecule has 0 unspecified atom stereocenters. The summed E-state index contributed by atoms with van der Waals surface area (Å²) in [6.07, 6.45) is 0. The van der Waals surface area contributed by atoms with Gasteiger partial charge in [-0.15, -0.1) is 11.3 Å². The van der Waals surface area contributed by atoms with E-state index in [1.165, 1.54) is 11.3 Å². The highest BCUT2D eigenvalue weighted by Crippen LogP contribution is 2.25. The number of nitrogens with one attached hydrogen (secondary N) is 1. The predicted molar refractivity (Wildman–Crippen MR) is 95.8 cm³/mol. The number of fused-ring (bicyclic) bond motifs is 1. The molecule has 2 heterocycles. The van der Waals surface area contributed by atoms with Crippen LogP contribution in [0.15, 0.2) is 46.7 Å². The van der Waals surface area contributed by atoms with Gasteiger partial charge in [0, 0.05) is 10.3 Å². The second kappa shape index (κ2) is 6.59. The molecule has 0 aliphatic rings. The van der Waals surface area contributed by atoms with E-state index in [0.717, 1.165) is 15.8 Å². The first-order chi connectivity index (χ1) is 11.5. The van der Waals surface area contributed by atoms with Crippen molar-refractivity contribution in [1.29, 1.82) is 5.26 Å². The van der Waals surface area contributed by atoms with E-state index in [1.54, 1.807) is 25.1 Å². The Hall–Kier alpha value is -2.43. The van der Waals surface area contributed by atoms with Crippen molar-refractivity contribution in [2.45, 2.75) is 17.7 Å². The molecule has 3 aromatic rings. The summed E-state index contributed by atoms with van der Waals surface area (Å²) in [6.45, 7) is 2.05. The van der Waals surface area contributed by atoms with Crippen molar-refractivity contribution in [3.8, 4) is 6.07 Å². The largest absolute Gasteiger partial charge is 0.364 e. The van der Waals surface area contributed by atoms with Crippen LogP contribution in [0.3, 0.4) is 0 Å². The van der Waals surface area contributed by atoms with Crippen molar-refractivity contribution >= 4 is 37.9 Å². The van der Waals surface area contributed by atoms with Crippen LogP contribution in [0.2, 0.25) is 0 Å². The highest BCUT2D eigenvalue weighted by atomic mass is 32.2. The summed E-state index contributed by atoms with van der Waals surface area (Å²) >= 11 is 1.24. The third-order valence-electron chi connectivity index (χ3n) is 3.60. The first kappa shape index (κ1) is 16.4. The van der Waals surface area contributed by atoms with Gasteiger partial charge in [0.1, 0.15) is 16.1 Å². The van der Waals surface area contributed by atoms with Gasteiger partial charge < -0.3 is 5.32 Å². The Labute approximate surface area is 144 Å². The lowest BCUT2D eigenvalue weighted by atomic mass is 10.1. The minimum Gasteiger partial charge on any atom is -0.364 e. The van der Waals surface area contributed by atoms with Crippen molar-refractivity contribution in [2.75, 3.05) is 11.1 Å². The van der Waals surface area contributed by atoms with Crippen LogP contribution in [0.25, 0.3) is 10.9 Å². The molecule has 0 atom stereocenters. The molecule has 0 saturated heterocycles. The molecular formula is C17H15N3O2S2. The first-order valence-corrected chi connectivity index (χ1v) is 9.85. The smallest absolute Gasteiger partial charge is 0.187 e.